The van der Waals surface area contributed by atoms with Crippen LogP contribution in [0.1, 0.15) is 42.1 Å². The van der Waals surface area contributed by atoms with Gasteiger partial charge in [-0.05, 0) is 43.4 Å². The van der Waals surface area contributed by atoms with Gasteiger partial charge in [-0.3, -0.25) is 4.79 Å². The van der Waals surface area contributed by atoms with Crippen molar-refractivity contribution in [2.45, 2.75) is 33.1 Å². The van der Waals surface area contributed by atoms with Crippen LogP contribution >= 0.6 is 11.6 Å². The van der Waals surface area contributed by atoms with Gasteiger partial charge in [0, 0.05) is 13.2 Å². The predicted molar refractivity (Wildman–Crippen MR) is 78.6 cm³/mol. The minimum atomic E-state index is -0.421. The lowest BCUT2D eigenvalue weighted by Crippen LogP contribution is -2.30. The van der Waals surface area contributed by atoms with E-state index >= 15 is 0 Å². The number of carbonyl (C=O) groups is 1. The summed E-state index contributed by atoms with van der Waals surface area (Å²) in [6.45, 7) is 4.25. The molecule has 0 radical (unpaired) electrons. The second-order valence-electron chi connectivity index (χ2n) is 4.96. The number of hydrogen-bond donors (Lipinski definition) is 2. The van der Waals surface area contributed by atoms with Crippen molar-refractivity contribution in [2.75, 3.05) is 13.2 Å². The Bertz CT molecular complexity index is 459. The van der Waals surface area contributed by atoms with Gasteiger partial charge in [0.05, 0.1) is 10.6 Å². The maximum Gasteiger partial charge on any atom is 0.252 e. The summed E-state index contributed by atoms with van der Waals surface area (Å²) in [5, 5.41) is 11.9. The molecule has 1 atom stereocenters. The Morgan fingerprint density at radius 3 is 2.75 bits per heavy atom. The van der Waals surface area contributed by atoms with Crippen LogP contribution in [0, 0.1) is 18.7 Å². The maximum absolute atomic E-state index is 13.3. The van der Waals surface area contributed by atoms with Gasteiger partial charge in [0.1, 0.15) is 5.82 Å². The highest BCUT2D eigenvalue weighted by molar-refractivity contribution is 6.33. The van der Waals surface area contributed by atoms with Crippen molar-refractivity contribution in [2.24, 2.45) is 5.92 Å². The SMILES string of the molecule is CCCC(CCO)CNC(=O)c1cc(C)c(F)cc1Cl. The molecule has 20 heavy (non-hydrogen) atoms. The van der Waals surface area contributed by atoms with Crippen molar-refractivity contribution in [3.05, 3.63) is 34.1 Å². The van der Waals surface area contributed by atoms with E-state index in [0.717, 1.165) is 18.9 Å². The fraction of sp³-hybridized carbons (Fsp3) is 0.533. The van der Waals surface area contributed by atoms with E-state index in [2.05, 4.69) is 12.2 Å². The summed E-state index contributed by atoms with van der Waals surface area (Å²) in [7, 11) is 0. The number of hydrogen-bond acceptors (Lipinski definition) is 2. The molecule has 0 aliphatic carbocycles. The molecule has 112 valence electrons. The zero-order chi connectivity index (χ0) is 15.1. The lowest BCUT2D eigenvalue weighted by molar-refractivity contribution is 0.0943. The third-order valence-corrected chi connectivity index (χ3v) is 3.59. The average Bonchev–Trinajstić information content (AvgIpc) is 2.40. The minimum Gasteiger partial charge on any atom is -0.396 e. The van der Waals surface area contributed by atoms with Gasteiger partial charge in [-0.15, -0.1) is 0 Å². The summed E-state index contributed by atoms with van der Waals surface area (Å²) in [5.41, 5.74) is 0.671. The summed E-state index contributed by atoms with van der Waals surface area (Å²) in [4.78, 5) is 12.1. The molecule has 0 aliphatic heterocycles. The molecule has 3 nitrogen and oxygen atoms in total. The van der Waals surface area contributed by atoms with Gasteiger partial charge in [-0.1, -0.05) is 24.9 Å². The molecule has 0 fully saturated rings. The van der Waals surface area contributed by atoms with Crippen molar-refractivity contribution < 1.29 is 14.3 Å². The number of rotatable bonds is 7. The zero-order valence-electron chi connectivity index (χ0n) is 11.9. The summed E-state index contributed by atoms with van der Waals surface area (Å²) >= 11 is 5.89. The largest absolute Gasteiger partial charge is 0.396 e. The minimum absolute atomic E-state index is 0.108. The molecule has 1 amide bonds. The number of carbonyl (C=O) groups excluding carboxylic acids is 1. The summed E-state index contributed by atoms with van der Waals surface area (Å²) < 4.78 is 13.3. The Morgan fingerprint density at radius 2 is 2.15 bits per heavy atom. The first-order chi connectivity index (χ1) is 9.49. The van der Waals surface area contributed by atoms with Crippen LogP contribution in [0.5, 0.6) is 0 Å². The fourth-order valence-electron chi connectivity index (χ4n) is 2.10. The third-order valence-electron chi connectivity index (χ3n) is 3.28. The van der Waals surface area contributed by atoms with E-state index in [0.29, 0.717) is 18.5 Å². The molecule has 1 rings (SSSR count). The molecule has 1 unspecified atom stereocenters. The first-order valence-corrected chi connectivity index (χ1v) is 7.22. The molecule has 0 aliphatic rings. The highest BCUT2D eigenvalue weighted by Crippen LogP contribution is 2.20. The molecule has 0 aromatic heterocycles. The normalized spacial score (nSPS) is 12.2. The third kappa shape index (κ3) is 4.76. The van der Waals surface area contributed by atoms with Crippen LogP contribution in [0.15, 0.2) is 12.1 Å². The lowest BCUT2D eigenvalue weighted by Gasteiger charge is -2.16. The molecule has 0 spiro atoms. The number of aryl methyl sites for hydroxylation is 1. The number of aliphatic hydroxyl groups excluding tert-OH is 1. The molecular weight excluding hydrogens is 281 g/mol. The van der Waals surface area contributed by atoms with Crippen LogP contribution in [0.3, 0.4) is 0 Å². The molecule has 5 heteroatoms. The number of benzene rings is 1. The Labute approximate surface area is 124 Å². The van der Waals surface area contributed by atoms with Crippen molar-refractivity contribution >= 4 is 17.5 Å². The molecule has 2 N–H and O–H groups in total. The van der Waals surface area contributed by atoms with Crippen LogP contribution in [-0.4, -0.2) is 24.2 Å². The van der Waals surface area contributed by atoms with Gasteiger partial charge in [0.15, 0.2) is 0 Å². The van der Waals surface area contributed by atoms with E-state index in [-0.39, 0.29) is 29.0 Å². The van der Waals surface area contributed by atoms with Crippen molar-refractivity contribution in [1.29, 1.82) is 0 Å². The molecule has 0 saturated heterocycles. The van der Waals surface area contributed by atoms with Crippen LogP contribution in [0.25, 0.3) is 0 Å². The Hall–Kier alpha value is -1.13. The summed E-state index contributed by atoms with van der Waals surface area (Å²) in [6.07, 6.45) is 2.60. The Morgan fingerprint density at radius 1 is 1.45 bits per heavy atom. The van der Waals surface area contributed by atoms with Crippen LogP contribution in [0.2, 0.25) is 5.02 Å². The topological polar surface area (TPSA) is 49.3 Å². The second kappa shape index (κ2) is 8.22. The first kappa shape index (κ1) is 16.9. The summed E-state index contributed by atoms with van der Waals surface area (Å²) in [6, 6.07) is 2.61. The Kier molecular flexibility index (Phi) is 6.96. The van der Waals surface area contributed by atoms with Gasteiger partial charge in [0.25, 0.3) is 5.91 Å². The number of nitrogens with one attached hydrogen (secondary N) is 1. The monoisotopic (exact) mass is 301 g/mol. The van der Waals surface area contributed by atoms with Crippen molar-refractivity contribution in [3.8, 4) is 0 Å². The fourth-order valence-corrected chi connectivity index (χ4v) is 2.34. The van der Waals surface area contributed by atoms with Crippen LogP contribution in [-0.2, 0) is 0 Å². The Balaban J connectivity index is 2.69. The smallest absolute Gasteiger partial charge is 0.252 e. The van der Waals surface area contributed by atoms with Crippen molar-refractivity contribution in [1.82, 2.24) is 5.32 Å². The summed E-state index contributed by atoms with van der Waals surface area (Å²) in [5.74, 6) is -0.484. The second-order valence-corrected chi connectivity index (χ2v) is 5.37. The molecule has 1 aromatic carbocycles. The van der Waals surface area contributed by atoms with E-state index in [1.165, 1.54) is 6.07 Å². The van der Waals surface area contributed by atoms with Gasteiger partial charge in [0.2, 0.25) is 0 Å². The molecule has 0 bridgehead atoms. The molecule has 0 heterocycles. The molecular formula is C15H21ClFNO2. The maximum atomic E-state index is 13.3. The number of aliphatic hydroxyl groups is 1. The predicted octanol–water partition coefficient (Wildman–Crippen LogP) is 3.32. The van der Waals surface area contributed by atoms with Gasteiger partial charge in [-0.2, -0.15) is 0 Å². The van der Waals surface area contributed by atoms with Gasteiger partial charge >= 0.3 is 0 Å². The van der Waals surface area contributed by atoms with Gasteiger partial charge < -0.3 is 10.4 Å². The lowest BCUT2D eigenvalue weighted by atomic mass is 10.00. The first-order valence-electron chi connectivity index (χ1n) is 6.84. The van der Waals surface area contributed by atoms with E-state index in [9.17, 15) is 9.18 Å². The average molecular weight is 302 g/mol. The highest BCUT2D eigenvalue weighted by atomic mass is 35.5. The molecule has 0 saturated carbocycles. The van der Waals surface area contributed by atoms with Gasteiger partial charge in [-0.25, -0.2) is 4.39 Å². The number of amides is 1. The van der Waals surface area contributed by atoms with E-state index in [1.807, 2.05) is 0 Å². The van der Waals surface area contributed by atoms with Crippen LogP contribution < -0.4 is 5.32 Å². The van der Waals surface area contributed by atoms with Crippen LogP contribution in [0.4, 0.5) is 4.39 Å². The standard InChI is InChI=1S/C15H21ClFNO2/c1-3-4-11(5-6-19)9-18-15(20)12-7-10(2)14(17)8-13(12)16/h7-8,11,19H,3-6,9H2,1-2H3,(H,18,20). The number of halogens is 2. The van der Waals surface area contributed by atoms with E-state index in [1.54, 1.807) is 6.92 Å². The van der Waals surface area contributed by atoms with E-state index < -0.39 is 5.82 Å². The van der Waals surface area contributed by atoms with Crippen molar-refractivity contribution in [3.63, 3.8) is 0 Å². The highest BCUT2D eigenvalue weighted by Gasteiger charge is 2.15. The quantitative estimate of drug-likeness (QED) is 0.811. The molecule has 1 aromatic rings. The van der Waals surface area contributed by atoms with E-state index in [4.69, 9.17) is 16.7 Å². The zero-order valence-corrected chi connectivity index (χ0v) is 12.6.